The monoisotopic (exact) mass is 248 g/mol. The SMILES string of the molecule is COC(OC)C(C)c1ccoc1Br. The predicted molar refractivity (Wildman–Crippen MR) is 52.6 cm³/mol. The summed E-state index contributed by atoms with van der Waals surface area (Å²) in [6.07, 6.45) is 1.40. The Bertz CT molecular complexity index is 255. The van der Waals surface area contributed by atoms with E-state index in [-0.39, 0.29) is 12.2 Å². The summed E-state index contributed by atoms with van der Waals surface area (Å²) >= 11 is 3.32. The van der Waals surface area contributed by atoms with Crippen molar-refractivity contribution >= 4 is 15.9 Å². The molecule has 74 valence electrons. The molecular weight excluding hydrogens is 236 g/mol. The van der Waals surface area contributed by atoms with Gasteiger partial charge in [0.1, 0.15) is 0 Å². The number of methoxy groups -OCH3 is 2. The Kier molecular flexibility index (Phi) is 3.96. The molecule has 0 aliphatic carbocycles. The van der Waals surface area contributed by atoms with E-state index in [9.17, 15) is 0 Å². The third kappa shape index (κ3) is 2.33. The average Bonchev–Trinajstić information content (AvgIpc) is 2.53. The summed E-state index contributed by atoms with van der Waals surface area (Å²) in [4.78, 5) is 0. The van der Waals surface area contributed by atoms with E-state index >= 15 is 0 Å². The minimum absolute atomic E-state index is 0.142. The van der Waals surface area contributed by atoms with Crippen LogP contribution in [-0.4, -0.2) is 20.5 Å². The van der Waals surface area contributed by atoms with Crippen LogP contribution in [0, 0.1) is 0 Å². The molecule has 0 amide bonds. The Hall–Kier alpha value is -0.320. The van der Waals surface area contributed by atoms with Gasteiger partial charge in [0.2, 0.25) is 0 Å². The number of hydrogen-bond acceptors (Lipinski definition) is 3. The zero-order valence-corrected chi connectivity index (χ0v) is 9.50. The van der Waals surface area contributed by atoms with Crippen molar-refractivity contribution in [3.05, 3.63) is 22.6 Å². The Morgan fingerprint density at radius 3 is 2.38 bits per heavy atom. The van der Waals surface area contributed by atoms with E-state index in [4.69, 9.17) is 13.9 Å². The highest BCUT2D eigenvalue weighted by molar-refractivity contribution is 9.10. The van der Waals surface area contributed by atoms with Crippen LogP contribution in [0.1, 0.15) is 18.4 Å². The first-order valence-electron chi connectivity index (χ1n) is 3.99. The summed E-state index contributed by atoms with van der Waals surface area (Å²) in [5.41, 5.74) is 1.05. The molecule has 1 heterocycles. The van der Waals surface area contributed by atoms with Crippen molar-refractivity contribution in [3.8, 4) is 0 Å². The van der Waals surface area contributed by atoms with E-state index in [1.54, 1.807) is 20.5 Å². The van der Waals surface area contributed by atoms with E-state index in [1.807, 2.05) is 13.0 Å². The lowest BCUT2D eigenvalue weighted by atomic mass is 10.0. The lowest BCUT2D eigenvalue weighted by Crippen LogP contribution is -2.20. The van der Waals surface area contributed by atoms with E-state index in [0.717, 1.165) is 10.2 Å². The molecule has 1 aromatic heterocycles. The minimum Gasteiger partial charge on any atom is -0.457 e. The summed E-state index contributed by atoms with van der Waals surface area (Å²) < 4.78 is 16.2. The number of furan rings is 1. The number of hydrogen-bond donors (Lipinski definition) is 0. The molecule has 0 aliphatic rings. The maximum atomic E-state index is 5.16. The van der Waals surface area contributed by atoms with Crippen molar-refractivity contribution in [1.82, 2.24) is 0 Å². The van der Waals surface area contributed by atoms with Crippen molar-refractivity contribution in [1.29, 1.82) is 0 Å². The Morgan fingerprint density at radius 2 is 2.00 bits per heavy atom. The van der Waals surface area contributed by atoms with Crippen LogP contribution in [0.25, 0.3) is 0 Å². The molecule has 0 saturated heterocycles. The van der Waals surface area contributed by atoms with Crippen molar-refractivity contribution in [2.24, 2.45) is 0 Å². The van der Waals surface area contributed by atoms with Gasteiger partial charge in [0.05, 0.1) is 6.26 Å². The molecule has 0 radical (unpaired) electrons. The fourth-order valence-electron chi connectivity index (χ4n) is 1.28. The van der Waals surface area contributed by atoms with Gasteiger partial charge >= 0.3 is 0 Å². The number of halogens is 1. The third-order valence-electron chi connectivity index (χ3n) is 2.01. The lowest BCUT2D eigenvalue weighted by Gasteiger charge is -2.20. The maximum Gasteiger partial charge on any atom is 0.172 e. The first kappa shape index (κ1) is 10.8. The van der Waals surface area contributed by atoms with Crippen molar-refractivity contribution in [3.63, 3.8) is 0 Å². The van der Waals surface area contributed by atoms with Gasteiger partial charge < -0.3 is 13.9 Å². The van der Waals surface area contributed by atoms with Gasteiger partial charge in [0.25, 0.3) is 0 Å². The smallest absolute Gasteiger partial charge is 0.172 e. The molecule has 1 atom stereocenters. The van der Waals surface area contributed by atoms with E-state index in [1.165, 1.54) is 0 Å². The first-order chi connectivity index (χ1) is 6.20. The topological polar surface area (TPSA) is 31.6 Å². The molecule has 0 spiro atoms. The maximum absolute atomic E-state index is 5.16. The van der Waals surface area contributed by atoms with Crippen LogP contribution in [0.4, 0.5) is 0 Å². The van der Waals surface area contributed by atoms with Gasteiger partial charge in [-0.3, -0.25) is 0 Å². The Balaban J connectivity index is 2.77. The molecule has 3 nitrogen and oxygen atoms in total. The Labute approximate surface area is 86.1 Å². The van der Waals surface area contributed by atoms with Gasteiger partial charge in [-0.15, -0.1) is 0 Å². The Morgan fingerprint density at radius 1 is 1.38 bits per heavy atom. The van der Waals surface area contributed by atoms with Crippen LogP contribution in [0.15, 0.2) is 21.4 Å². The fraction of sp³-hybridized carbons (Fsp3) is 0.556. The summed E-state index contributed by atoms with van der Waals surface area (Å²) in [5.74, 6) is 0.142. The second-order valence-electron chi connectivity index (χ2n) is 2.78. The van der Waals surface area contributed by atoms with E-state index < -0.39 is 0 Å². The van der Waals surface area contributed by atoms with E-state index in [0.29, 0.717) is 0 Å². The number of ether oxygens (including phenoxy) is 2. The molecule has 4 heteroatoms. The molecule has 1 rings (SSSR count). The summed E-state index contributed by atoms with van der Waals surface area (Å²) in [7, 11) is 3.25. The van der Waals surface area contributed by atoms with Gasteiger partial charge in [0.15, 0.2) is 11.0 Å². The van der Waals surface area contributed by atoms with Gasteiger partial charge in [0, 0.05) is 25.7 Å². The standard InChI is InChI=1S/C9H13BrO3/c1-6(9(11-2)12-3)7-4-5-13-8(7)10/h4-6,9H,1-3H3. The highest BCUT2D eigenvalue weighted by Crippen LogP contribution is 2.29. The summed E-state index contributed by atoms with van der Waals surface area (Å²) in [6.45, 7) is 2.02. The highest BCUT2D eigenvalue weighted by Gasteiger charge is 2.21. The summed E-state index contributed by atoms with van der Waals surface area (Å²) in [6, 6.07) is 1.90. The van der Waals surface area contributed by atoms with Gasteiger partial charge in [-0.05, 0) is 22.0 Å². The molecule has 13 heavy (non-hydrogen) atoms. The van der Waals surface area contributed by atoms with Gasteiger partial charge in [-0.2, -0.15) is 0 Å². The highest BCUT2D eigenvalue weighted by atomic mass is 79.9. The van der Waals surface area contributed by atoms with Crippen LogP contribution >= 0.6 is 15.9 Å². The molecule has 0 N–H and O–H groups in total. The quantitative estimate of drug-likeness (QED) is 0.769. The minimum atomic E-state index is -0.242. The van der Waals surface area contributed by atoms with Crippen molar-refractivity contribution in [2.75, 3.05) is 14.2 Å². The largest absolute Gasteiger partial charge is 0.457 e. The molecule has 1 unspecified atom stereocenters. The van der Waals surface area contributed by atoms with E-state index in [2.05, 4.69) is 15.9 Å². The van der Waals surface area contributed by atoms with Crippen LogP contribution in [0.2, 0.25) is 0 Å². The second kappa shape index (κ2) is 4.79. The van der Waals surface area contributed by atoms with Crippen molar-refractivity contribution < 1.29 is 13.9 Å². The zero-order valence-electron chi connectivity index (χ0n) is 7.91. The van der Waals surface area contributed by atoms with Crippen LogP contribution in [0.5, 0.6) is 0 Å². The molecule has 0 aromatic carbocycles. The molecule has 0 bridgehead atoms. The van der Waals surface area contributed by atoms with Gasteiger partial charge in [-0.1, -0.05) is 6.92 Å². The molecule has 1 aromatic rings. The molecular formula is C9H13BrO3. The predicted octanol–water partition coefficient (Wildman–Crippen LogP) is 2.76. The number of rotatable bonds is 4. The van der Waals surface area contributed by atoms with Crippen molar-refractivity contribution in [2.45, 2.75) is 19.1 Å². The summed E-state index contributed by atoms with van der Waals surface area (Å²) in [5, 5.41) is 0. The average molecular weight is 249 g/mol. The van der Waals surface area contributed by atoms with Gasteiger partial charge in [-0.25, -0.2) is 0 Å². The normalized spacial score (nSPS) is 13.6. The fourth-order valence-corrected chi connectivity index (χ4v) is 1.88. The van der Waals surface area contributed by atoms with Crippen LogP contribution < -0.4 is 0 Å². The molecule has 0 aliphatic heterocycles. The zero-order chi connectivity index (χ0) is 9.84. The van der Waals surface area contributed by atoms with Crippen LogP contribution in [0.3, 0.4) is 0 Å². The lowest BCUT2D eigenvalue weighted by molar-refractivity contribution is -0.115. The second-order valence-corrected chi connectivity index (χ2v) is 3.50. The third-order valence-corrected chi connectivity index (χ3v) is 2.65. The molecule has 0 saturated carbocycles. The first-order valence-corrected chi connectivity index (χ1v) is 4.78. The molecule has 0 fully saturated rings. The van der Waals surface area contributed by atoms with Crippen LogP contribution in [-0.2, 0) is 9.47 Å².